The van der Waals surface area contributed by atoms with E-state index in [9.17, 15) is 18.0 Å². The molecule has 34 heavy (non-hydrogen) atoms. The third-order valence-electron chi connectivity index (χ3n) is 5.63. The summed E-state index contributed by atoms with van der Waals surface area (Å²) in [5, 5.41) is 9.48. The number of nitrogens with zero attached hydrogens (tertiary/aromatic N) is 2. The Morgan fingerprint density at radius 1 is 1.15 bits per heavy atom. The highest BCUT2D eigenvalue weighted by Gasteiger charge is 2.36. The summed E-state index contributed by atoms with van der Waals surface area (Å²) in [7, 11) is 0. The normalized spacial score (nSPS) is 13.6. The Labute approximate surface area is 204 Å². The van der Waals surface area contributed by atoms with E-state index in [1.807, 2.05) is 0 Å². The van der Waals surface area contributed by atoms with Crippen LogP contribution in [0.1, 0.15) is 51.4 Å². The summed E-state index contributed by atoms with van der Waals surface area (Å²) in [5.41, 5.74) is 0.517. The number of hydrogen-bond acceptors (Lipinski definition) is 4. The molecule has 1 aromatic heterocycles. The van der Waals surface area contributed by atoms with Gasteiger partial charge in [0.1, 0.15) is 5.56 Å². The van der Waals surface area contributed by atoms with Crippen molar-refractivity contribution in [2.45, 2.75) is 38.5 Å². The first-order chi connectivity index (χ1) is 16.1. The second-order valence-corrected chi connectivity index (χ2v) is 8.89. The van der Waals surface area contributed by atoms with Gasteiger partial charge in [-0.25, -0.2) is 4.39 Å². The van der Waals surface area contributed by atoms with Crippen LogP contribution in [0, 0.1) is 19.7 Å². The molecule has 0 atom stereocenters. The molecule has 10 heteroatoms. The summed E-state index contributed by atoms with van der Waals surface area (Å²) >= 11 is 12.1. The van der Waals surface area contributed by atoms with E-state index in [1.54, 1.807) is 25.1 Å². The maximum atomic E-state index is 14.9. The average Bonchev–Trinajstić information content (AvgIpc) is 3.63. The highest BCUT2D eigenvalue weighted by Crippen LogP contribution is 2.43. The van der Waals surface area contributed by atoms with Gasteiger partial charge < -0.3 is 10.1 Å². The summed E-state index contributed by atoms with van der Waals surface area (Å²) < 4.78 is 50.2. The van der Waals surface area contributed by atoms with Gasteiger partial charge in [-0.1, -0.05) is 53.5 Å². The molecule has 178 valence electrons. The van der Waals surface area contributed by atoms with Gasteiger partial charge in [-0.3, -0.25) is 4.79 Å². The lowest BCUT2D eigenvalue weighted by Gasteiger charge is -2.20. The first-order valence-electron chi connectivity index (χ1n) is 10.5. The molecule has 0 unspecified atom stereocenters. The molecule has 1 aliphatic carbocycles. The summed E-state index contributed by atoms with van der Waals surface area (Å²) in [6.45, 7) is 2.03. The molecular weight excluding hydrogens is 490 g/mol. The molecule has 3 aromatic rings. The number of aryl methyl sites for hydroxylation is 1. The molecule has 0 aliphatic heterocycles. The van der Waals surface area contributed by atoms with Gasteiger partial charge >= 0.3 is 0 Å². The quantitative estimate of drug-likeness (QED) is 0.383. The summed E-state index contributed by atoms with van der Waals surface area (Å²) in [4.78, 5) is 13.0. The Hall–Kier alpha value is -2.84. The number of rotatable bonds is 7. The van der Waals surface area contributed by atoms with Crippen molar-refractivity contribution < 1.29 is 22.7 Å². The third kappa shape index (κ3) is 4.83. The zero-order chi connectivity index (χ0) is 24.6. The zero-order valence-electron chi connectivity index (χ0n) is 18.3. The molecule has 1 fully saturated rings. The molecule has 5 nitrogen and oxygen atoms in total. The molecule has 0 spiro atoms. The lowest BCUT2D eigenvalue weighted by atomic mass is 10.1. The fraction of sp³-hybridized carbons (Fsp3) is 0.292. The van der Waals surface area contributed by atoms with Crippen LogP contribution in [-0.2, 0) is 5.92 Å². The van der Waals surface area contributed by atoms with E-state index in [2.05, 4.69) is 15.5 Å². The number of aromatic nitrogens is 2. The van der Waals surface area contributed by atoms with E-state index in [0.717, 1.165) is 12.8 Å². The van der Waals surface area contributed by atoms with Gasteiger partial charge in [0.05, 0.1) is 11.6 Å². The number of alkyl halides is 2. The molecule has 1 aliphatic rings. The number of nitrogens with one attached hydrogen (secondary N) is 1. The van der Waals surface area contributed by atoms with Crippen molar-refractivity contribution in [3.63, 3.8) is 0 Å². The number of hydrogen-bond donors (Lipinski definition) is 1. The maximum Gasteiger partial charge on any atom is 0.291 e. The van der Waals surface area contributed by atoms with Crippen molar-refractivity contribution in [2.75, 3.05) is 6.54 Å². The topological polar surface area (TPSA) is 64.1 Å². The maximum absolute atomic E-state index is 14.9. The number of amides is 1. The molecule has 1 saturated carbocycles. The molecule has 1 amide bonds. The number of benzene rings is 2. The van der Waals surface area contributed by atoms with Crippen LogP contribution in [0.5, 0.6) is 11.6 Å². The SMILES string of the molecule is Cc1cccc(C(F)(F)CNC(=O)c2c(Oc3cccc(C4CC4)c3F)nnc(Cl)c2C)c1Cl. The van der Waals surface area contributed by atoms with Crippen LogP contribution in [0.3, 0.4) is 0 Å². The average molecular weight is 510 g/mol. The van der Waals surface area contributed by atoms with Gasteiger partial charge in [0, 0.05) is 11.1 Å². The summed E-state index contributed by atoms with van der Waals surface area (Å²) in [5.74, 6) is -5.31. The largest absolute Gasteiger partial charge is 0.434 e. The standard InChI is InChI=1S/C24H20Cl2F3N3O2/c1-12-5-3-7-16(19(12)25)24(28,29)11-30-22(33)18-13(2)21(26)31-32-23(18)34-17-8-4-6-15(20(17)27)14-9-10-14/h3-8,14H,9-11H2,1-2H3,(H,30,33). The Balaban J connectivity index is 1.60. The van der Waals surface area contributed by atoms with Gasteiger partial charge in [0.25, 0.3) is 17.7 Å². The molecule has 1 N–H and O–H groups in total. The van der Waals surface area contributed by atoms with Crippen LogP contribution in [0.15, 0.2) is 36.4 Å². The smallest absolute Gasteiger partial charge is 0.291 e. The summed E-state index contributed by atoms with van der Waals surface area (Å²) in [6, 6.07) is 8.96. The highest BCUT2D eigenvalue weighted by molar-refractivity contribution is 6.32. The van der Waals surface area contributed by atoms with Crippen LogP contribution in [0.2, 0.25) is 10.2 Å². The molecule has 1 heterocycles. The molecule has 0 saturated heterocycles. The monoisotopic (exact) mass is 509 g/mol. The first kappa shape index (κ1) is 24.3. The highest BCUT2D eigenvalue weighted by atomic mass is 35.5. The number of ether oxygens (including phenoxy) is 1. The zero-order valence-corrected chi connectivity index (χ0v) is 19.8. The fourth-order valence-corrected chi connectivity index (χ4v) is 3.94. The minimum absolute atomic E-state index is 0.0819. The van der Waals surface area contributed by atoms with Crippen LogP contribution in [0.4, 0.5) is 13.2 Å². The Morgan fingerprint density at radius 2 is 1.85 bits per heavy atom. The van der Waals surface area contributed by atoms with Crippen LogP contribution in [0.25, 0.3) is 0 Å². The fourth-order valence-electron chi connectivity index (χ4n) is 3.54. The minimum atomic E-state index is -3.46. The van der Waals surface area contributed by atoms with Gasteiger partial charge in [-0.05, 0) is 49.8 Å². The van der Waals surface area contributed by atoms with Crippen molar-refractivity contribution in [1.29, 1.82) is 0 Å². The Bertz CT molecular complexity index is 1270. The predicted molar refractivity (Wildman–Crippen MR) is 123 cm³/mol. The Morgan fingerprint density at radius 3 is 2.56 bits per heavy atom. The van der Waals surface area contributed by atoms with Crippen molar-refractivity contribution in [3.8, 4) is 11.6 Å². The van der Waals surface area contributed by atoms with E-state index in [1.165, 1.54) is 25.1 Å². The van der Waals surface area contributed by atoms with Gasteiger partial charge in [-0.2, -0.15) is 8.78 Å². The van der Waals surface area contributed by atoms with Crippen molar-refractivity contribution >= 4 is 29.1 Å². The van der Waals surface area contributed by atoms with Gasteiger partial charge in [0.2, 0.25) is 0 Å². The molecule has 4 rings (SSSR count). The predicted octanol–water partition coefficient (Wildman–Crippen LogP) is 6.73. The molecule has 0 bridgehead atoms. The first-order valence-corrected chi connectivity index (χ1v) is 11.3. The second kappa shape index (κ2) is 9.43. The molecule has 2 aromatic carbocycles. The lowest BCUT2D eigenvalue weighted by Crippen LogP contribution is -2.36. The number of carbonyl (C=O) groups excluding carboxylic acids is 1. The van der Waals surface area contributed by atoms with E-state index in [4.69, 9.17) is 27.9 Å². The molecule has 0 radical (unpaired) electrons. The van der Waals surface area contributed by atoms with E-state index < -0.39 is 29.8 Å². The molecular formula is C24H20Cl2F3N3O2. The van der Waals surface area contributed by atoms with Gasteiger partial charge in [0.15, 0.2) is 16.7 Å². The Kier molecular flexibility index (Phi) is 6.73. The minimum Gasteiger partial charge on any atom is -0.434 e. The van der Waals surface area contributed by atoms with Crippen LogP contribution < -0.4 is 10.1 Å². The van der Waals surface area contributed by atoms with E-state index in [-0.39, 0.29) is 38.9 Å². The van der Waals surface area contributed by atoms with Crippen LogP contribution in [-0.4, -0.2) is 22.6 Å². The van der Waals surface area contributed by atoms with Crippen molar-refractivity contribution in [1.82, 2.24) is 15.5 Å². The van der Waals surface area contributed by atoms with E-state index >= 15 is 0 Å². The third-order valence-corrected chi connectivity index (χ3v) is 6.49. The van der Waals surface area contributed by atoms with E-state index in [0.29, 0.717) is 11.1 Å². The summed E-state index contributed by atoms with van der Waals surface area (Å²) in [6.07, 6.45) is 1.76. The van der Waals surface area contributed by atoms with Crippen molar-refractivity contribution in [3.05, 3.63) is 80.2 Å². The van der Waals surface area contributed by atoms with Gasteiger partial charge in [-0.15, -0.1) is 10.2 Å². The van der Waals surface area contributed by atoms with Crippen molar-refractivity contribution in [2.24, 2.45) is 0 Å². The number of carbonyl (C=O) groups is 1. The second-order valence-electron chi connectivity index (χ2n) is 8.16. The number of halogens is 5. The van der Waals surface area contributed by atoms with Crippen LogP contribution >= 0.6 is 23.2 Å². The lowest BCUT2D eigenvalue weighted by molar-refractivity contribution is -0.00246.